The first-order chi connectivity index (χ1) is 14.2. The lowest BCUT2D eigenvalue weighted by Crippen LogP contribution is -2.16. The molecule has 0 fully saturated rings. The van der Waals surface area contributed by atoms with Crippen LogP contribution in [0.1, 0.15) is 38.5 Å². The SMILES string of the molecule is Cc1ccc(C(C#N)c2ccc(NC(=O)c3ccccc3O)cc2C(F)(F)F)cc1. The highest BCUT2D eigenvalue weighted by Gasteiger charge is 2.36. The number of aryl methyl sites for hydroxylation is 1. The topological polar surface area (TPSA) is 73.1 Å². The quantitative estimate of drug-likeness (QED) is 0.586. The summed E-state index contributed by atoms with van der Waals surface area (Å²) in [6, 6.07) is 17.6. The smallest absolute Gasteiger partial charge is 0.416 e. The summed E-state index contributed by atoms with van der Waals surface area (Å²) in [6.07, 6.45) is -4.73. The van der Waals surface area contributed by atoms with Crippen molar-refractivity contribution in [2.45, 2.75) is 19.0 Å². The number of hydrogen-bond donors (Lipinski definition) is 2. The lowest BCUT2D eigenvalue weighted by atomic mass is 9.88. The van der Waals surface area contributed by atoms with Gasteiger partial charge >= 0.3 is 6.18 Å². The molecule has 0 saturated heterocycles. The van der Waals surface area contributed by atoms with E-state index in [9.17, 15) is 28.3 Å². The number of hydrogen-bond acceptors (Lipinski definition) is 3. The van der Waals surface area contributed by atoms with E-state index in [1.54, 1.807) is 24.3 Å². The summed E-state index contributed by atoms with van der Waals surface area (Å²) in [6.45, 7) is 1.84. The van der Waals surface area contributed by atoms with Crippen molar-refractivity contribution in [1.29, 1.82) is 5.26 Å². The molecule has 0 spiro atoms. The number of carbonyl (C=O) groups excluding carboxylic acids is 1. The van der Waals surface area contributed by atoms with Gasteiger partial charge in [0, 0.05) is 5.69 Å². The Hall–Kier alpha value is -3.79. The number of rotatable bonds is 4. The minimum absolute atomic E-state index is 0.0651. The number of benzene rings is 3. The Balaban J connectivity index is 2.00. The molecule has 0 heterocycles. The van der Waals surface area contributed by atoms with Crippen molar-refractivity contribution in [3.05, 3.63) is 94.5 Å². The second kappa shape index (κ2) is 8.29. The first-order valence-corrected chi connectivity index (χ1v) is 8.97. The molecule has 7 heteroatoms. The summed E-state index contributed by atoms with van der Waals surface area (Å²) >= 11 is 0. The number of halogens is 3. The van der Waals surface area contributed by atoms with Crippen molar-refractivity contribution in [2.75, 3.05) is 5.32 Å². The van der Waals surface area contributed by atoms with Gasteiger partial charge in [0.2, 0.25) is 0 Å². The Bertz CT molecular complexity index is 1120. The lowest BCUT2D eigenvalue weighted by Gasteiger charge is -2.19. The molecule has 1 atom stereocenters. The molecule has 3 rings (SSSR count). The summed E-state index contributed by atoms with van der Waals surface area (Å²) < 4.78 is 41.3. The Morgan fingerprint density at radius 2 is 1.73 bits per heavy atom. The molecular weight excluding hydrogens is 393 g/mol. The molecule has 3 aromatic carbocycles. The number of amides is 1. The monoisotopic (exact) mass is 410 g/mol. The van der Waals surface area contributed by atoms with Gasteiger partial charge < -0.3 is 10.4 Å². The van der Waals surface area contributed by atoms with Crippen molar-refractivity contribution in [1.82, 2.24) is 0 Å². The van der Waals surface area contributed by atoms with Gasteiger partial charge in [-0.3, -0.25) is 4.79 Å². The number of anilines is 1. The van der Waals surface area contributed by atoms with Crippen LogP contribution in [0.25, 0.3) is 0 Å². The van der Waals surface area contributed by atoms with Gasteiger partial charge in [-0.15, -0.1) is 0 Å². The molecule has 0 saturated carbocycles. The number of nitriles is 1. The first kappa shape index (κ1) is 20.9. The molecule has 4 nitrogen and oxygen atoms in total. The van der Waals surface area contributed by atoms with Gasteiger partial charge in [0.15, 0.2) is 0 Å². The molecule has 30 heavy (non-hydrogen) atoms. The molecule has 0 aliphatic rings. The largest absolute Gasteiger partial charge is 0.507 e. The van der Waals surface area contributed by atoms with Crippen LogP contribution < -0.4 is 5.32 Å². The Morgan fingerprint density at radius 1 is 1.07 bits per heavy atom. The van der Waals surface area contributed by atoms with Gasteiger partial charge in [0.1, 0.15) is 5.75 Å². The van der Waals surface area contributed by atoms with Crippen LogP contribution in [-0.4, -0.2) is 11.0 Å². The Morgan fingerprint density at radius 3 is 2.33 bits per heavy atom. The highest BCUT2D eigenvalue weighted by Crippen LogP contribution is 2.39. The number of alkyl halides is 3. The van der Waals surface area contributed by atoms with Gasteiger partial charge in [0.05, 0.1) is 23.1 Å². The third kappa shape index (κ3) is 4.44. The number of aromatic hydroxyl groups is 1. The number of carbonyl (C=O) groups is 1. The van der Waals surface area contributed by atoms with Gasteiger partial charge in [-0.05, 0) is 42.3 Å². The maximum Gasteiger partial charge on any atom is 0.416 e. The van der Waals surface area contributed by atoms with Crippen molar-refractivity contribution in [2.24, 2.45) is 0 Å². The van der Waals surface area contributed by atoms with Crippen LogP contribution in [0.2, 0.25) is 0 Å². The molecule has 2 N–H and O–H groups in total. The van der Waals surface area contributed by atoms with E-state index < -0.39 is 23.6 Å². The van der Waals surface area contributed by atoms with Crippen LogP contribution in [0.15, 0.2) is 66.7 Å². The molecule has 0 aromatic heterocycles. The molecular formula is C23H17F3N2O2. The third-order valence-corrected chi connectivity index (χ3v) is 4.62. The Labute approximate surface area is 171 Å². The molecule has 0 aliphatic carbocycles. The van der Waals surface area contributed by atoms with E-state index in [1.165, 1.54) is 36.4 Å². The molecule has 0 radical (unpaired) electrons. The standard InChI is InChI=1S/C23H17F3N2O2/c1-14-6-8-15(9-7-14)19(13-27)17-11-10-16(12-20(17)23(24,25)26)28-22(30)18-4-2-3-5-21(18)29/h2-12,19,29H,1H3,(H,28,30). The van der Waals surface area contributed by atoms with Crippen LogP contribution in [-0.2, 0) is 6.18 Å². The van der Waals surface area contributed by atoms with Crippen molar-refractivity contribution in [3.8, 4) is 11.8 Å². The summed E-state index contributed by atoms with van der Waals surface area (Å²) in [5, 5.41) is 21.7. The van der Waals surface area contributed by atoms with E-state index in [4.69, 9.17) is 0 Å². The number of phenolic OH excluding ortho intramolecular Hbond substituents is 1. The fourth-order valence-corrected chi connectivity index (χ4v) is 3.08. The Kier molecular flexibility index (Phi) is 5.79. The summed E-state index contributed by atoms with van der Waals surface area (Å²) in [5.74, 6) is -2.15. The highest BCUT2D eigenvalue weighted by atomic mass is 19.4. The van der Waals surface area contributed by atoms with Crippen LogP contribution >= 0.6 is 0 Å². The fraction of sp³-hybridized carbons (Fsp3) is 0.130. The second-order valence-corrected chi connectivity index (χ2v) is 6.74. The predicted molar refractivity (Wildman–Crippen MR) is 106 cm³/mol. The molecule has 0 bridgehead atoms. The van der Waals surface area contributed by atoms with E-state index in [0.29, 0.717) is 5.56 Å². The summed E-state index contributed by atoms with van der Waals surface area (Å²) in [4.78, 5) is 12.3. The summed E-state index contributed by atoms with van der Waals surface area (Å²) in [5.41, 5.74) is -0.00274. The zero-order valence-corrected chi connectivity index (χ0v) is 15.9. The highest BCUT2D eigenvalue weighted by molar-refractivity contribution is 6.06. The van der Waals surface area contributed by atoms with Gasteiger partial charge in [-0.1, -0.05) is 48.0 Å². The van der Waals surface area contributed by atoms with Crippen LogP contribution in [0, 0.1) is 18.3 Å². The number of phenols is 1. The van der Waals surface area contributed by atoms with E-state index in [0.717, 1.165) is 11.6 Å². The normalized spacial score (nSPS) is 12.1. The van der Waals surface area contributed by atoms with Crippen molar-refractivity contribution >= 4 is 11.6 Å². The van der Waals surface area contributed by atoms with Crippen molar-refractivity contribution < 1.29 is 23.1 Å². The van der Waals surface area contributed by atoms with Crippen LogP contribution in [0.4, 0.5) is 18.9 Å². The van der Waals surface area contributed by atoms with E-state index >= 15 is 0 Å². The van der Waals surface area contributed by atoms with Crippen LogP contribution in [0.5, 0.6) is 5.75 Å². The fourth-order valence-electron chi connectivity index (χ4n) is 3.08. The third-order valence-electron chi connectivity index (χ3n) is 4.62. The zero-order chi connectivity index (χ0) is 21.9. The lowest BCUT2D eigenvalue weighted by molar-refractivity contribution is -0.138. The second-order valence-electron chi connectivity index (χ2n) is 6.74. The average Bonchev–Trinajstić information content (AvgIpc) is 2.70. The molecule has 3 aromatic rings. The number of para-hydroxylation sites is 1. The number of nitrogens with zero attached hydrogens (tertiary/aromatic N) is 1. The van der Waals surface area contributed by atoms with Gasteiger partial charge in [-0.2, -0.15) is 18.4 Å². The van der Waals surface area contributed by atoms with Crippen LogP contribution in [0.3, 0.4) is 0 Å². The molecule has 1 amide bonds. The zero-order valence-electron chi connectivity index (χ0n) is 15.9. The maximum absolute atomic E-state index is 13.8. The van der Waals surface area contributed by atoms with Gasteiger partial charge in [0.25, 0.3) is 5.91 Å². The van der Waals surface area contributed by atoms with E-state index in [-0.39, 0.29) is 22.6 Å². The predicted octanol–water partition coefficient (Wildman–Crippen LogP) is 5.63. The minimum atomic E-state index is -4.73. The maximum atomic E-state index is 13.8. The minimum Gasteiger partial charge on any atom is -0.507 e. The average molecular weight is 410 g/mol. The van der Waals surface area contributed by atoms with Crippen molar-refractivity contribution in [3.63, 3.8) is 0 Å². The van der Waals surface area contributed by atoms with Gasteiger partial charge in [-0.25, -0.2) is 0 Å². The molecule has 1 unspecified atom stereocenters. The first-order valence-electron chi connectivity index (χ1n) is 8.97. The summed E-state index contributed by atoms with van der Waals surface area (Å²) in [7, 11) is 0. The van der Waals surface area contributed by atoms with E-state index in [1.807, 2.05) is 13.0 Å². The van der Waals surface area contributed by atoms with E-state index in [2.05, 4.69) is 5.32 Å². The molecule has 152 valence electrons. The number of nitrogens with one attached hydrogen (secondary N) is 1. The molecule has 0 aliphatic heterocycles.